The zero-order valence-corrected chi connectivity index (χ0v) is 11.5. The molecule has 1 saturated carbocycles. The number of phenolic OH excluding ortho intramolecular Hbond substituents is 1. The van der Waals surface area contributed by atoms with E-state index >= 15 is 0 Å². The highest BCUT2D eigenvalue weighted by Crippen LogP contribution is 2.38. The third-order valence-corrected chi connectivity index (χ3v) is 4.77. The Labute approximate surface area is 119 Å². The Kier molecular flexibility index (Phi) is 3.66. The summed E-state index contributed by atoms with van der Waals surface area (Å²) in [5.74, 6) is 1.16. The molecule has 1 aliphatic heterocycles. The topological polar surface area (TPSA) is 60.8 Å². The van der Waals surface area contributed by atoms with Gasteiger partial charge in [-0.15, -0.1) is 0 Å². The van der Waals surface area contributed by atoms with Crippen molar-refractivity contribution >= 4 is 5.91 Å². The number of hydrogen-bond donors (Lipinski definition) is 2. The van der Waals surface area contributed by atoms with Gasteiger partial charge in [0, 0.05) is 25.4 Å². The predicted octanol–water partition coefficient (Wildman–Crippen LogP) is 1.55. The quantitative estimate of drug-likeness (QED) is 0.880. The molecule has 0 bridgehead atoms. The molecule has 1 amide bonds. The molecule has 1 aromatic rings. The van der Waals surface area contributed by atoms with Gasteiger partial charge in [0.1, 0.15) is 5.75 Å². The van der Waals surface area contributed by atoms with E-state index < -0.39 is 0 Å². The maximum Gasteiger partial charge on any atom is 0.222 e. The molecule has 0 radical (unpaired) electrons. The standard InChI is InChI=1S/C16H21NO3/c18-14-4-2-1-3-11(14)6-8-16(20)17-9-12-5-7-15(19)13(12)10-17/h1-4,12-13,15,18-19H,5-10H2. The minimum Gasteiger partial charge on any atom is -0.508 e. The molecule has 0 aromatic heterocycles. The summed E-state index contributed by atoms with van der Waals surface area (Å²) in [5.41, 5.74) is 0.820. The molecule has 3 atom stereocenters. The van der Waals surface area contributed by atoms with Crippen molar-refractivity contribution in [3.63, 3.8) is 0 Å². The molecule has 108 valence electrons. The number of aliphatic hydroxyl groups is 1. The van der Waals surface area contributed by atoms with E-state index in [1.807, 2.05) is 17.0 Å². The van der Waals surface area contributed by atoms with Crippen molar-refractivity contribution in [1.82, 2.24) is 4.90 Å². The first-order valence-corrected chi connectivity index (χ1v) is 7.38. The Morgan fingerprint density at radius 1 is 1.25 bits per heavy atom. The minimum atomic E-state index is -0.226. The van der Waals surface area contributed by atoms with Gasteiger partial charge in [0.25, 0.3) is 0 Å². The van der Waals surface area contributed by atoms with E-state index in [0.29, 0.717) is 25.3 Å². The summed E-state index contributed by atoms with van der Waals surface area (Å²) in [6.07, 6.45) is 2.69. The summed E-state index contributed by atoms with van der Waals surface area (Å²) in [4.78, 5) is 14.1. The Morgan fingerprint density at radius 3 is 2.80 bits per heavy atom. The molecule has 20 heavy (non-hydrogen) atoms. The van der Waals surface area contributed by atoms with Gasteiger partial charge in [-0.2, -0.15) is 0 Å². The van der Waals surface area contributed by atoms with Gasteiger partial charge >= 0.3 is 0 Å². The van der Waals surface area contributed by atoms with Gasteiger partial charge in [0.2, 0.25) is 5.91 Å². The molecule has 2 aliphatic rings. The van der Waals surface area contributed by atoms with E-state index in [1.54, 1.807) is 12.1 Å². The Hall–Kier alpha value is -1.55. The SMILES string of the molecule is O=C(CCc1ccccc1O)N1CC2CCC(O)C2C1. The van der Waals surface area contributed by atoms with E-state index in [2.05, 4.69) is 0 Å². The summed E-state index contributed by atoms with van der Waals surface area (Å²) in [6.45, 7) is 1.49. The van der Waals surface area contributed by atoms with Crippen LogP contribution in [-0.4, -0.2) is 40.2 Å². The monoisotopic (exact) mass is 275 g/mol. The van der Waals surface area contributed by atoms with Crippen LogP contribution in [0, 0.1) is 11.8 Å². The summed E-state index contributed by atoms with van der Waals surface area (Å²) in [6, 6.07) is 7.15. The molecule has 4 nitrogen and oxygen atoms in total. The molecule has 2 N–H and O–H groups in total. The Balaban J connectivity index is 1.55. The average molecular weight is 275 g/mol. The highest BCUT2D eigenvalue weighted by atomic mass is 16.3. The van der Waals surface area contributed by atoms with Crippen molar-refractivity contribution in [2.75, 3.05) is 13.1 Å². The number of benzene rings is 1. The number of phenols is 1. The number of rotatable bonds is 3. The molecular weight excluding hydrogens is 254 g/mol. The first-order chi connectivity index (χ1) is 9.65. The van der Waals surface area contributed by atoms with E-state index in [4.69, 9.17) is 0 Å². The lowest BCUT2D eigenvalue weighted by atomic mass is 10.00. The van der Waals surface area contributed by atoms with Crippen LogP contribution in [-0.2, 0) is 11.2 Å². The smallest absolute Gasteiger partial charge is 0.222 e. The summed E-state index contributed by atoms with van der Waals surface area (Å²) < 4.78 is 0. The molecule has 0 spiro atoms. The van der Waals surface area contributed by atoms with Crippen molar-refractivity contribution in [3.8, 4) is 5.75 Å². The van der Waals surface area contributed by atoms with E-state index in [9.17, 15) is 15.0 Å². The minimum absolute atomic E-state index is 0.134. The van der Waals surface area contributed by atoms with Crippen LogP contribution in [0.4, 0.5) is 0 Å². The highest BCUT2D eigenvalue weighted by Gasteiger charge is 2.42. The van der Waals surface area contributed by atoms with Crippen molar-refractivity contribution < 1.29 is 15.0 Å². The number of aromatic hydroxyl groups is 1. The lowest BCUT2D eigenvalue weighted by molar-refractivity contribution is -0.130. The van der Waals surface area contributed by atoms with Crippen LogP contribution >= 0.6 is 0 Å². The van der Waals surface area contributed by atoms with Crippen molar-refractivity contribution in [1.29, 1.82) is 0 Å². The molecule has 3 unspecified atom stereocenters. The average Bonchev–Trinajstić information content (AvgIpc) is 3.00. The number of fused-ring (bicyclic) bond motifs is 1. The number of aliphatic hydroxyl groups excluding tert-OH is 1. The number of aryl methyl sites for hydroxylation is 1. The Morgan fingerprint density at radius 2 is 2.05 bits per heavy atom. The normalized spacial score (nSPS) is 28.6. The zero-order valence-electron chi connectivity index (χ0n) is 11.5. The molecule has 1 heterocycles. The number of nitrogens with zero attached hydrogens (tertiary/aromatic N) is 1. The van der Waals surface area contributed by atoms with Gasteiger partial charge in [-0.05, 0) is 36.8 Å². The molecule has 2 fully saturated rings. The van der Waals surface area contributed by atoms with Crippen LogP contribution in [0.15, 0.2) is 24.3 Å². The van der Waals surface area contributed by atoms with Gasteiger partial charge in [0.05, 0.1) is 6.10 Å². The number of carbonyl (C=O) groups is 1. The second-order valence-corrected chi connectivity index (χ2v) is 6.00. The number of amides is 1. The van der Waals surface area contributed by atoms with Crippen molar-refractivity contribution in [3.05, 3.63) is 29.8 Å². The fourth-order valence-corrected chi connectivity index (χ4v) is 3.56. The third-order valence-electron chi connectivity index (χ3n) is 4.77. The summed E-state index contributed by atoms with van der Waals surface area (Å²) in [5, 5.41) is 19.6. The lowest BCUT2D eigenvalue weighted by Crippen LogP contribution is -2.31. The molecular formula is C16H21NO3. The maximum absolute atomic E-state index is 12.2. The molecule has 1 aliphatic carbocycles. The van der Waals surface area contributed by atoms with Crippen LogP contribution < -0.4 is 0 Å². The molecule has 4 heteroatoms. The van der Waals surface area contributed by atoms with Gasteiger partial charge < -0.3 is 15.1 Å². The van der Waals surface area contributed by atoms with Crippen LogP contribution in [0.5, 0.6) is 5.75 Å². The number of likely N-dealkylation sites (tertiary alicyclic amines) is 1. The second-order valence-electron chi connectivity index (χ2n) is 6.00. The zero-order chi connectivity index (χ0) is 14.1. The van der Waals surface area contributed by atoms with Gasteiger partial charge in [-0.3, -0.25) is 4.79 Å². The Bertz CT molecular complexity index is 502. The molecule has 1 saturated heterocycles. The van der Waals surface area contributed by atoms with Crippen LogP contribution in [0.3, 0.4) is 0 Å². The van der Waals surface area contributed by atoms with E-state index in [0.717, 1.165) is 24.9 Å². The third kappa shape index (κ3) is 2.52. The largest absolute Gasteiger partial charge is 0.508 e. The van der Waals surface area contributed by atoms with Gasteiger partial charge in [-0.1, -0.05) is 18.2 Å². The lowest BCUT2D eigenvalue weighted by Gasteiger charge is -2.18. The van der Waals surface area contributed by atoms with Crippen LogP contribution in [0.25, 0.3) is 0 Å². The second kappa shape index (κ2) is 5.44. The number of carbonyl (C=O) groups excluding carboxylic acids is 1. The fraction of sp³-hybridized carbons (Fsp3) is 0.562. The summed E-state index contributed by atoms with van der Waals surface area (Å²) in [7, 11) is 0. The van der Waals surface area contributed by atoms with Crippen molar-refractivity contribution in [2.24, 2.45) is 11.8 Å². The number of hydrogen-bond acceptors (Lipinski definition) is 3. The number of para-hydroxylation sites is 1. The van der Waals surface area contributed by atoms with Crippen molar-refractivity contribution in [2.45, 2.75) is 31.8 Å². The highest BCUT2D eigenvalue weighted by molar-refractivity contribution is 5.77. The van der Waals surface area contributed by atoms with E-state index in [-0.39, 0.29) is 23.7 Å². The predicted molar refractivity (Wildman–Crippen MR) is 75.2 cm³/mol. The fourth-order valence-electron chi connectivity index (χ4n) is 3.56. The maximum atomic E-state index is 12.2. The van der Waals surface area contributed by atoms with Gasteiger partial charge in [-0.25, -0.2) is 0 Å². The van der Waals surface area contributed by atoms with Crippen LogP contribution in [0.2, 0.25) is 0 Å². The molecule has 3 rings (SSSR count). The molecule has 1 aromatic carbocycles. The first-order valence-electron chi connectivity index (χ1n) is 7.38. The van der Waals surface area contributed by atoms with Gasteiger partial charge in [0.15, 0.2) is 0 Å². The first kappa shape index (κ1) is 13.4. The summed E-state index contributed by atoms with van der Waals surface area (Å²) >= 11 is 0. The van der Waals surface area contributed by atoms with E-state index in [1.165, 1.54) is 0 Å². The van der Waals surface area contributed by atoms with Crippen LogP contribution in [0.1, 0.15) is 24.8 Å².